The van der Waals surface area contributed by atoms with E-state index in [1.807, 2.05) is 6.07 Å². The molecule has 7 atom stereocenters. The molecular formula is C35H40BrN3O8. The van der Waals surface area contributed by atoms with E-state index in [0.29, 0.717) is 29.8 Å². The van der Waals surface area contributed by atoms with Crippen molar-refractivity contribution in [2.24, 2.45) is 11.8 Å². The Balaban J connectivity index is 1.46. The molecule has 2 bridgehead atoms. The number of ether oxygens (including phenoxy) is 3. The van der Waals surface area contributed by atoms with E-state index < -0.39 is 53.5 Å². The molecule has 12 heteroatoms. The number of carbonyl (C=O) groups is 4. The van der Waals surface area contributed by atoms with Crippen LogP contribution in [0.1, 0.15) is 30.9 Å². The van der Waals surface area contributed by atoms with Crippen LogP contribution in [0, 0.1) is 11.8 Å². The summed E-state index contributed by atoms with van der Waals surface area (Å²) < 4.78 is 17.9. The van der Waals surface area contributed by atoms with Crippen LogP contribution in [0.15, 0.2) is 79.9 Å². The minimum atomic E-state index is -1.35. The highest BCUT2D eigenvalue weighted by Gasteiger charge is 2.77. The zero-order valence-electron chi connectivity index (χ0n) is 26.3. The van der Waals surface area contributed by atoms with Crippen LogP contribution in [0.2, 0.25) is 0 Å². The first kappa shape index (κ1) is 34.3. The Bertz CT molecular complexity index is 1490. The molecule has 0 radical (unpaired) electrons. The average molecular weight is 711 g/mol. The lowest BCUT2D eigenvalue weighted by atomic mass is 9.70. The van der Waals surface area contributed by atoms with Gasteiger partial charge in [-0.2, -0.15) is 0 Å². The molecule has 3 aliphatic rings. The highest BCUT2D eigenvalue weighted by molar-refractivity contribution is 9.09. The molecule has 2 aromatic rings. The van der Waals surface area contributed by atoms with Crippen molar-refractivity contribution in [2.75, 3.05) is 38.3 Å². The van der Waals surface area contributed by atoms with Crippen LogP contribution in [0.4, 0.5) is 5.69 Å². The molecule has 3 saturated heterocycles. The molecule has 5 rings (SSSR count). The Kier molecular flexibility index (Phi) is 10.8. The predicted octanol–water partition coefficient (Wildman–Crippen LogP) is 3.32. The molecule has 3 heterocycles. The van der Waals surface area contributed by atoms with E-state index in [1.165, 1.54) is 9.80 Å². The number of nitrogens with zero attached hydrogens (tertiary/aromatic N) is 2. The zero-order chi connectivity index (χ0) is 33.7. The number of fused-ring (bicyclic) bond motifs is 1. The van der Waals surface area contributed by atoms with Crippen molar-refractivity contribution in [1.29, 1.82) is 0 Å². The largest absolute Gasteiger partial charge is 0.497 e. The number of halogens is 1. The number of β-amino-alcohol motifs (C(OH)–C–C–N with tert-alkyl or cyclic N) is 1. The van der Waals surface area contributed by atoms with Crippen molar-refractivity contribution in [1.82, 2.24) is 10.2 Å². The van der Waals surface area contributed by atoms with Crippen LogP contribution >= 0.6 is 15.9 Å². The highest BCUT2D eigenvalue weighted by Crippen LogP contribution is 2.60. The van der Waals surface area contributed by atoms with E-state index in [-0.39, 0.29) is 43.4 Å². The van der Waals surface area contributed by atoms with Crippen molar-refractivity contribution < 1.29 is 38.5 Å². The van der Waals surface area contributed by atoms with Crippen LogP contribution in [-0.2, 0) is 28.7 Å². The molecular weight excluding hydrogens is 670 g/mol. The van der Waals surface area contributed by atoms with Crippen molar-refractivity contribution in [2.45, 2.75) is 47.9 Å². The van der Waals surface area contributed by atoms with Gasteiger partial charge in [-0.25, -0.2) is 0 Å². The smallest absolute Gasteiger partial charge is 0.313 e. The fourth-order valence-electron chi connectivity index (χ4n) is 7.03. The average Bonchev–Trinajstić information content (AvgIpc) is 3.68. The number of methoxy groups -OCH3 is 1. The first-order valence-electron chi connectivity index (χ1n) is 15.6. The number of rotatable bonds is 15. The molecule has 3 aliphatic heterocycles. The van der Waals surface area contributed by atoms with Crippen LogP contribution in [0.5, 0.6) is 5.75 Å². The number of benzene rings is 2. The first-order valence-corrected chi connectivity index (χ1v) is 16.5. The van der Waals surface area contributed by atoms with Gasteiger partial charge >= 0.3 is 5.97 Å². The van der Waals surface area contributed by atoms with E-state index in [4.69, 9.17) is 14.2 Å². The van der Waals surface area contributed by atoms with Crippen LogP contribution in [0.3, 0.4) is 0 Å². The van der Waals surface area contributed by atoms with E-state index in [9.17, 15) is 24.3 Å². The Hall–Kier alpha value is -4.00. The molecule has 2 N–H and O–H groups in total. The Morgan fingerprint density at radius 3 is 2.53 bits per heavy atom. The van der Waals surface area contributed by atoms with Crippen molar-refractivity contribution in [3.05, 3.63) is 85.5 Å². The topological polar surface area (TPSA) is 135 Å². The van der Waals surface area contributed by atoms with Crippen molar-refractivity contribution in [3.63, 3.8) is 0 Å². The number of carbonyl (C=O) groups excluding carboxylic acids is 4. The number of amides is 3. The van der Waals surface area contributed by atoms with Gasteiger partial charge in [-0.05, 0) is 42.7 Å². The molecule has 0 aliphatic carbocycles. The van der Waals surface area contributed by atoms with Gasteiger partial charge in [0.1, 0.15) is 23.5 Å². The molecule has 1 spiro atoms. The number of esters is 1. The minimum absolute atomic E-state index is 0.0294. The van der Waals surface area contributed by atoms with E-state index in [0.717, 1.165) is 0 Å². The summed E-state index contributed by atoms with van der Waals surface area (Å²) in [4.78, 5) is 57.8. The van der Waals surface area contributed by atoms with E-state index >= 15 is 0 Å². The molecule has 0 saturated carbocycles. The molecule has 11 nitrogen and oxygen atoms in total. The number of alkyl halides is 1. The predicted molar refractivity (Wildman–Crippen MR) is 178 cm³/mol. The summed E-state index contributed by atoms with van der Waals surface area (Å²) in [5, 5.41) is 12.8. The molecule has 47 heavy (non-hydrogen) atoms. The third-order valence-electron chi connectivity index (χ3n) is 9.09. The van der Waals surface area contributed by atoms with Gasteiger partial charge in [-0.1, -0.05) is 58.4 Å². The normalized spacial score (nSPS) is 26.3. The summed E-state index contributed by atoms with van der Waals surface area (Å²) in [6.45, 7) is 7.13. The zero-order valence-corrected chi connectivity index (χ0v) is 27.8. The molecule has 3 fully saturated rings. The third-order valence-corrected chi connectivity index (χ3v) is 9.93. The second-order valence-electron chi connectivity index (χ2n) is 11.8. The molecule has 0 aromatic heterocycles. The standard InChI is InChI=1S/C35H40BrN3O8/c1-4-6-12-27(41)37-21-26(22-10-8-7-9-11-22)46-34(44)28-29-32(42)39(18-19-40)31(35(29)20-25(36)30(28)47-35)33(43)38(17-5-2)23-13-15-24(45-3)16-14-23/h4-5,7-11,13-16,25-26,28-31,40H,1-2,6,12,17-21H2,3H3,(H,37,41)/t25?,26-,28-,29+,30-,31-,35+/m0/s1. The minimum Gasteiger partial charge on any atom is -0.497 e. The van der Waals surface area contributed by atoms with Crippen LogP contribution in [-0.4, -0.2) is 89.6 Å². The number of aliphatic hydroxyl groups excluding tert-OH is 1. The fourth-order valence-corrected chi connectivity index (χ4v) is 7.97. The third kappa shape index (κ3) is 6.59. The number of hydrogen-bond donors (Lipinski definition) is 2. The number of likely N-dealkylation sites (tertiary alicyclic amines) is 1. The lowest BCUT2D eigenvalue weighted by molar-refractivity contribution is -0.160. The van der Waals surface area contributed by atoms with Gasteiger partial charge in [0.25, 0.3) is 5.91 Å². The summed E-state index contributed by atoms with van der Waals surface area (Å²) in [5.74, 6) is -3.18. The van der Waals surface area contributed by atoms with Gasteiger partial charge in [0.2, 0.25) is 11.8 Å². The summed E-state index contributed by atoms with van der Waals surface area (Å²) in [6.07, 6.45) is 2.72. The Morgan fingerprint density at radius 1 is 1.17 bits per heavy atom. The van der Waals surface area contributed by atoms with Crippen molar-refractivity contribution in [3.8, 4) is 5.75 Å². The van der Waals surface area contributed by atoms with Gasteiger partial charge in [0.05, 0.1) is 38.2 Å². The van der Waals surface area contributed by atoms with Gasteiger partial charge in [-0.3, -0.25) is 19.2 Å². The van der Waals surface area contributed by atoms with Crippen LogP contribution < -0.4 is 15.0 Å². The van der Waals surface area contributed by atoms with Crippen LogP contribution in [0.25, 0.3) is 0 Å². The Labute approximate surface area is 282 Å². The Morgan fingerprint density at radius 2 is 1.89 bits per heavy atom. The second-order valence-corrected chi connectivity index (χ2v) is 13.0. The molecule has 250 valence electrons. The monoisotopic (exact) mass is 709 g/mol. The maximum atomic E-state index is 14.5. The lowest BCUT2D eigenvalue weighted by Gasteiger charge is -2.37. The fraction of sp³-hybridized carbons (Fsp3) is 0.429. The summed E-state index contributed by atoms with van der Waals surface area (Å²) in [6, 6.07) is 14.9. The van der Waals surface area contributed by atoms with Gasteiger partial charge in [-0.15, -0.1) is 13.2 Å². The number of hydrogen-bond acceptors (Lipinski definition) is 8. The van der Waals surface area contributed by atoms with E-state index in [2.05, 4.69) is 34.4 Å². The van der Waals surface area contributed by atoms with Gasteiger partial charge in [0, 0.05) is 30.0 Å². The summed E-state index contributed by atoms with van der Waals surface area (Å²) in [5.41, 5.74) is -0.114. The van der Waals surface area contributed by atoms with Gasteiger partial charge < -0.3 is 34.4 Å². The highest BCUT2D eigenvalue weighted by atomic mass is 79.9. The number of allylic oxidation sites excluding steroid dienone is 1. The summed E-state index contributed by atoms with van der Waals surface area (Å²) >= 11 is 3.67. The first-order chi connectivity index (χ1) is 22.7. The lowest BCUT2D eigenvalue weighted by Crippen LogP contribution is -2.57. The maximum Gasteiger partial charge on any atom is 0.313 e. The molecule has 3 amide bonds. The number of nitrogens with one attached hydrogen (secondary N) is 1. The second kappa shape index (κ2) is 14.8. The quantitative estimate of drug-likeness (QED) is 0.164. The van der Waals surface area contributed by atoms with E-state index in [1.54, 1.807) is 67.8 Å². The molecule has 1 unspecified atom stereocenters. The number of aliphatic hydroxyl groups is 1. The summed E-state index contributed by atoms with van der Waals surface area (Å²) in [7, 11) is 1.55. The number of anilines is 1. The maximum absolute atomic E-state index is 14.5. The van der Waals surface area contributed by atoms with Gasteiger partial charge in [0.15, 0.2) is 0 Å². The van der Waals surface area contributed by atoms with Crippen molar-refractivity contribution >= 4 is 45.3 Å². The SMILES string of the molecule is C=CCCC(=O)NC[C@H](OC(=O)[C@@H]1[C@H]2O[C@@]3(CC2Br)[C@H](C(=O)N(CC=C)c2ccc(OC)cc2)N(CCO)C(=O)[C@@H]13)c1ccccc1. The molecule has 2 aromatic carbocycles.